The Morgan fingerprint density at radius 2 is 2.04 bits per heavy atom. The van der Waals surface area contributed by atoms with Crippen LogP contribution in [0.3, 0.4) is 0 Å². The molecule has 2 aromatic carbocycles. The average molecular weight is 351 g/mol. The first-order valence-electron chi connectivity index (χ1n) is 8.52. The number of rotatable bonds is 8. The molecule has 0 spiro atoms. The quantitative estimate of drug-likeness (QED) is 0.576. The van der Waals surface area contributed by atoms with Crippen molar-refractivity contribution in [3.8, 4) is 17.1 Å². The summed E-state index contributed by atoms with van der Waals surface area (Å²) in [6.45, 7) is 0. The van der Waals surface area contributed by atoms with Crippen molar-refractivity contribution in [2.75, 3.05) is 0 Å². The summed E-state index contributed by atoms with van der Waals surface area (Å²) in [5.41, 5.74) is 8.33. The number of hydrogen-bond acceptors (Lipinski definition) is 5. The van der Waals surface area contributed by atoms with Gasteiger partial charge in [0.15, 0.2) is 0 Å². The summed E-state index contributed by atoms with van der Waals surface area (Å²) >= 11 is 0. The molecule has 3 aromatic rings. The molecule has 3 rings (SSSR count). The summed E-state index contributed by atoms with van der Waals surface area (Å²) in [6.07, 6.45) is 2.64. The minimum Gasteiger partial charge on any atom is -0.508 e. The molecule has 0 fully saturated rings. The molecule has 134 valence electrons. The molecule has 0 saturated heterocycles. The van der Waals surface area contributed by atoms with Crippen LogP contribution < -0.4 is 5.73 Å². The monoisotopic (exact) mass is 351 g/mol. The molecular weight excluding hydrogens is 330 g/mol. The second-order valence-electron chi connectivity index (χ2n) is 6.29. The van der Waals surface area contributed by atoms with E-state index in [0.29, 0.717) is 18.7 Å². The Labute approximate surface area is 151 Å². The minimum absolute atomic E-state index is 0.183. The molecule has 26 heavy (non-hydrogen) atoms. The number of phenolic OH excluding ortho intramolecular Hbond substituents is 1. The van der Waals surface area contributed by atoms with Gasteiger partial charge in [-0.2, -0.15) is 5.21 Å². The molecule has 0 aliphatic carbocycles. The summed E-state index contributed by atoms with van der Waals surface area (Å²) in [5.74, 6) is 0.684. The predicted octanol–water partition coefficient (Wildman–Crippen LogP) is 2.55. The van der Waals surface area contributed by atoms with E-state index in [1.807, 2.05) is 30.3 Å². The lowest BCUT2D eigenvalue weighted by Crippen LogP contribution is -2.11. The van der Waals surface area contributed by atoms with Crippen molar-refractivity contribution < 1.29 is 9.90 Å². The fourth-order valence-corrected chi connectivity index (χ4v) is 3.09. The third kappa shape index (κ3) is 4.66. The maximum absolute atomic E-state index is 11.1. The van der Waals surface area contributed by atoms with E-state index in [4.69, 9.17) is 5.73 Å². The average Bonchev–Trinajstić information content (AvgIpc) is 3.15. The second-order valence-corrected chi connectivity index (χ2v) is 6.29. The molecule has 0 aliphatic heterocycles. The van der Waals surface area contributed by atoms with E-state index in [2.05, 4.69) is 26.7 Å². The Hall–Kier alpha value is -3.22. The van der Waals surface area contributed by atoms with Crippen molar-refractivity contribution in [2.45, 2.75) is 31.6 Å². The molecule has 7 nitrogen and oxygen atoms in total. The van der Waals surface area contributed by atoms with Crippen molar-refractivity contribution in [1.82, 2.24) is 20.6 Å². The van der Waals surface area contributed by atoms with Crippen LogP contribution in [0, 0.1) is 0 Å². The van der Waals surface area contributed by atoms with Gasteiger partial charge in [-0.3, -0.25) is 4.79 Å². The van der Waals surface area contributed by atoms with Gasteiger partial charge in [0, 0.05) is 12.0 Å². The second kappa shape index (κ2) is 8.24. The number of nitrogens with zero attached hydrogens (tertiary/aromatic N) is 3. The van der Waals surface area contributed by atoms with E-state index in [9.17, 15) is 9.90 Å². The van der Waals surface area contributed by atoms with E-state index in [1.165, 1.54) is 0 Å². The van der Waals surface area contributed by atoms with Gasteiger partial charge in [-0.1, -0.05) is 30.3 Å². The number of nitrogens with two attached hydrogens (primary N) is 1. The molecule has 7 heteroatoms. The number of carbonyl (C=O) groups excluding carboxylic acids is 1. The Morgan fingerprint density at radius 1 is 1.19 bits per heavy atom. The van der Waals surface area contributed by atoms with Gasteiger partial charge >= 0.3 is 0 Å². The van der Waals surface area contributed by atoms with Crippen LogP contribution in [0.25, 0.3) is 11.4 Å². The van der Waals surface area contributed by atoms with Crippen molar-refractivity contribution in [3.63, 3.8) is 0 Å². The largest absolute Gasteiger partial charge is 0.508 e. The molecule has 0 radical (unpaired) electrons. The molecule has 1 heterocycles. The van der Waals surface area contributed by atoms with Gasteiger partial charge in [0.25, 0.3) is 0 Å². The first kappa shape index (κ1) is 17.6. The van der Waals surface area contributed by atoms with E-state index in [-0.39, 0.29) is 17.6 Å². The smallest absolute Gasteiger partial charge is 0.217 e. The van der Waals surface area contributed by atoms with Crippen molar-refractivity contribution in [3.05, 3.63) is 59.7 Å². The number of H-pyrrole nitrogens is 1. The number of aromatic hydroxyl groups is 1. The molecule has 0 bridgehead atoms. The van der Waals surface area contributed by atoms with Gasteiger partial charge in [0.2, 0.25) is 11.7 Å². The number of tetrazole rings is 1. The van der Waals surface area contributed by atoms with Gasteiger partial charge in [0.05, 0.1) is 0 Å². The summed E-state index contributed by atoms with van der Waals surface area (Å²) in [4.78, 5) is 11.1. The fraction of sp³-hybridized carbons (Fsp3) is 0.263. The standard InChI is InChI=1S/C19H21N5O2/c20-18(26)9-3-6-14(10-13-4-1-8-17(25)11-13)15-5-2-7-16(12-15)19-21-23-24-22-19/h1-2,4-5,7-8,11-12,14,25H,3,6,9-10H2,(H2,20,26)(H,21,22,23,24). The first-order valence-corrected chi connectivity index (χ1v) is 8.52. The topological polar surface area (TPSA) is 118 Å². The van der Waals surface area contributed by atoms with E-state index in [0.717, 1.165) is 29.5 Å². The molecule has 1 amide bonds. The van der Waals surface area contributed by atoms with Crippen LogP contribution >= 0.6 is 0 Å². The number of phenols is 1. The van der Waals surface area contributed by atoms with Gasteiger partial charge < -0.3 is 10.8 Å². The third-order valence-corrected chi connectivity index (χ3v) is 4.33. The summed E-state index contributed by atoms with van der Waals surface area (Å²) in [5, 5.41) is 23.8. The number of aromatic nitrogens is 4. The van der Waals surface area contributed by atoms with Gasteiger partial charge in [-0.25, -0.2) is 0 Å². The number of benzene rings is 2. The summed E-state index contributed by atoms with van der Waals surface area (Å²) in [6, 6.07) is 15.2. The molecule has 0 saturated carbocycles. The number of amides is 1. The number of primary amides is 1. The molecular formula is C19H21N5O2. The lowest BCUT2D eigenvalue weighted by Gasteiger charge is -2.18. The third-order valence-electron chi connectivity index (χ3n) is 4.33. The molecule has 1 atom stereocenters. The van der Waals surface area contributed by atoms with E-state index < -0.39 is 0 Å². The van der Waals surface area contributed by atoms with E-state index >= 15 is 0 Å². The lowest BCUT2D eigenvalue weighted by molar-refractivity contribution is -0.118. The van der Waals surface area contributed by atoms with Gasteiger partial charge in [-0.05, 0) is 59.7 Å². The van der Waals surface area contributed by atoms with E-state index in [1.54, 1.807) is 12.1 Å². The van der Waals surface area contributed by atoms with Gasteiger partial charge in [0.1, 0.15) is 5.75 Å². The van der Waals surface area contributed by atoms with Crippen molar-refractivity contribution >= 4 is 5.91 Å². The number of aromatic amines is 1. The van der Waals surface area contributed by atoms with Crippen LogP contribution in [0.2, 0.25) is 0 Å². The summed E-state index contributed by atoms with van der Waals surface area (Å²) < 4.78 is 0. The zero-order chi connectivity index (χ0) is 18.4. The van der Waals surface area contributed by atoms with Crippen LogP contribution in [-0.4, -0.2) is 31.6 Å². The predicted molar refractivity (Wildman–Crippen MR) is 97.2 cm³/mol. The maximum Gasteiger partial charge on any atom is 0.217 e. The Bertz CT molecular complexity index is 864. The number of nitrogens with one attached hydrogen (secondary N) is 1. The SMILES string of the molecule is NC(=O)CCCC(Cc1cccc(O)c1)c1cccc(-c2nn[nH]n2)c1. The van der Waals surface area contributed by atoms with Crippen molar-refractivity contribution in [2.24, 2.45) is 5.73 Å². The van der Waals surface area contributed by atoms with Crippen molar-refractivity contribution in [1.29, 1.82) is 0 Å². The first-order chi connectivity index (χ1) is 12.6. The van der Waals surface area contributed by atoms with Crippen LogP contribution in [-0.2, 0) is 11.2 Å². The van der Waals surface area contributed by atoms with Crippen LogP contribution in [0.15, 0.2) is 48.5 Å². The van der Waals surface area contributed by atoms with Crippen LogP contribution in [0.1, 0.15) is 36.3 Å². The lowest BCUT2D eigenvalue weighted by atomic mass is 9.87. The zero-order valence-corrected chi connectivity index (χ0v) is 14.3. The maximum atomic E-state index is 11.1. The fourth-order valence-electron chi connectivity index (χ4n) is 3.09. The minimum atomic E-state index is -0.290. The highest BCUT2D eigenvalue weighted by Crippen LogP contribution is 2.29. The highest BCUT2D eigenvalue weighted by molar-refractivity contribution is 5.73. The Morgan fingerprint density at radius 3 is 2.77 bits per heavy atom. The highest BCUT2D eigenvalue weighted by Gasteiger charge is 2.15. The molecule has 1 aromatic heterocycles. The Kier molecular flexibility index (Phi) is 5.58. The molecule has 1 unspecified atom stereocenters. The molecule has 0 aliphatic rings. The van der Waals surface area contributed by atoms with Crippen LogP contribution in [0.5, 0.6) is 5.75 Å². The summed E-state index contributed by atoms with van der Waals surface area (Å²) in [7, 11) is 0. The zero-order valence-electron chi connectivity index (χ0n) is 14.3. The Balaban J connectivity index is 1.84. The highest BCUT2D eigenvalue weighted by atomic mass is 16.3. The normalized spacial score (nSPS) is 12.0. The molecule has 4 N–H and O–H groups in total. The number of hydrogen-bond donors (Lipinski definition) is 3. The van der Waals surface area contributed by atoms with Gasteiger partial charge in [-0.15, -0.1) is 10.2 Å². The van der Waals surface area contributed by atoms with Crippen LogP contribution in [0.4, 0.5) is 0 Å². The number of carbonyl (C=O) groups is 1.